The monoisotopic (exact) mass is 364 g/mol. The summed E-state index contributed by atoms with van der Waals surface area (Å²) in [5.41, 5.74) is 0.365. The third-order valence-electron chi connectivity index (χ3n) is 3.96. The van der Waals surface area contributed by atoms with Gasteiger partial charge in [-0.1, -0.05) is 36.4 Å². The second-order valence-electron chi connectivity index (χ2n) is 5.91. The summed E-state index contributed by atoms with van der Waals surface area (Å²) in [5, 5.41) is 15.5. The number of nitrogens with zero attached hydrogens (tertiary/aromatic N) is 1. The molecule has 1 N–H and O–H groups in total. The lowest BCUT2D eigenvalue weighted by Gasteiger charge is -2.14. The van der Waals surface area contributed by atoms with Crippen LogP contribution in [0.2, 0.25) is 0 Å². The minimum atomic E-state index is -1.07. The van der Waals surface area contributed by atoms with E-state index in [4.69, 9.17) is 4.74 Å². The first kappa shape index (κ1) is 18.1. The highest BCUT2D eigenvalue weighted by Crippen LogP contribution is 2.19. The maximum Gasteiger partial charge on any atom is 0.339 e. The third-order valence-corrected chi connectivity index (χ3v) is 3.96. The molecule has 0 heterocycles. The Kier molecular flexibility index (Phi) is 5.12. The molecule has 0 spiro atoms. The number of rotatable bonds is 5. The summed E-state index contributed by atoms with van der Waals surface area (Å²) in [7, 11) is 0. The number of hydrogen-bond donors (Lipinski definition) is 1. The molecule has 27 heavy (non-hydrogen) atoms. The van der Waals surface area contributed by atoms with Crippen LogP contribution in [0.3, 0.4) is 0 Å². The molecule has 136 valence electrons. The first-order valence-corrected chi connectivity index (χ1v) is 8.19. The van der Waals surface area contributed by atoms with Crippen LogP contribution in [-0.4, -0.2) is 22.9 Å². The van der Waals surface area contributed by atoms with Crippen LogP contribution in [0.5, 0.6) is 0 Å². The molecule has 0 radical (unpaired) electrons. The highest BCUT2D eigenvalue weighted by atomic mass is 16.6. The highest BCUT2D eigenvalue weighted by molar-refractivity contribution is 5.99. The smallest absolute Gasteiger partial charge is 0.339 e. The van der Waals surface area contributed by atoms with Crippen LogP contribution in [0, 0.1) is 10.1 Å². The third kappa shape index (κ3) is 4.27. The van der Waals surface area contributed by atoms with Crippen LogP contribution in [0.25, 0.3) is 10.8 Å². The van der Waals surface area contributed by atoms with E-state index in [0.29, 0.717) is 5.69 Å². The van der Waals surface area contributed by atoms with Crippen LogP contribution < -0.4 is 5.32 Å². The second-order valence-corrected chi connectivity index (χ2v) is 5.91. The van der Waals surface area contributed by atoms with E-state index in [0.717, 1.165) is 16.8 Å². The summed E-state index contributed by atoms with van der Waals surface area (Å²) in [5.74, 6) is -1.30. The summed E-state index contributed by atoms with van der Waals surface area (Å²) < 4.78 is 5.12. The van der Waals surface area contributed by atoms with E-state index in [1.54, 1.807) is 6.07 Å². The number of carbonyl (C=O) groups excluding carboxylic acids is 2. The largest absolute Gasteiger partial charge is 0.449 e. The number of nitro groups is 1. The van der Waals surface area contributed by atoms with Crippen molar-refractivity contribution < 1.29 is 19.2 Å². The zero-order valence-electron chi connectivity index (χ0n) is 14.4. The van der Waals surface area contributed by atoms with Gasteiger partial charge in [-0.2, -0.15) is 0 Å². The standard InChI is InChI=1S/C20H16N2O5/c1-13(27-20(24)16-7-4-8-18(12-16)22(25)26)19(23)21-17-10-9-14-5-2-3-6-15(14)11-17/h2-13H,1H3,(H,21,23)/t13-/m1/s1. The van der Waals surface area contributed by atoms with Crippen molar-refractivity contribution in [3.63, 3.8) is 0 Å². The predicted molar refractivity (Wildman–Crippen MR) is 101 cm³/mol. The fourth-order valence-electron chi connectivity index (χ4n) is 2.54. The summed E-state index contributed by atoms with van der Waals surface area (Å²) in [6.07, 6.45) is -1.07. The molecule has 0 aliphatic heterocycles. The number of non-ortho nitro benzene ring substituents is 1. The Morgan fingerprint density at radius 3 is 2.48 bits per heavy atom. The second kappa shape index (κ2) is 7.65. The molecule has 0 aromatic heterocycles. The molecule has 0 saturated heterocycles. The fraction of sp³-hybridized carbons (Fsp3) is 0.100. The number of amides is 1. The Hall–Kier alpha value is -3.74. The van der Waals surface area contributed by atoms with E-state index < -0.39 is 22.9 Å². The van der Waals surface area contributed by atoms with Crippen LogP contribution in [-0.2, 0) is 9.53 Å². The van der Waals surface area contributed by atoms with Crippen molar-refractivity contribution in [1.82, 2.24) is 0 Å². The average molecular weight is 364 g/mol. The fourth-order valence-corrected chi connectivity index (χ4v) is 2.54. The lowest BCUT2D eigenvalue weighted by molar-refractivity contribution is -0.384. The summed E-state index contributed by atoms with van der Waals surface area (Å²) >= 11 is 0. The van der Waals surface area contributed by atoms with Gasteiger partial charge in [0.05, 0.1) is 10.5 Å². The van der Waals surface area contributed by atoms with Crippen LogP contribution >= 0.6 is 0 Å². The topological polar surface area (TPSA) is 98.5 Å². The molecule has 0 bridgehead atoms. The molecule has 7 heteroatoms. The molecule has 3 aromatic carbocycles. The first-order chi connectivity index (χ1) is 12.9. The van der Waals surface area contributed by atoms with Crippen molar-refractivity contribution in [2.75, 3.05) is 5.32 Å². The molecule has 0 aliphatic carbocycles. The molecule has 0 saturated carbocycles. The highest BCUT2D eigenvalue weighted by Gasteiger charge is 2.20. The maximum absolute atomic E-state index is 12.3. The van der Waals surface area contributed by atoms with Crippen LogP contribution in [0.15, 0.2) is 66.7 Å². The van der Waals surface area contributed by atoms with E-state index in [1.165, 1.54) is 25.1 Å². The summed E-state index contributed by atoms with van der Waals surface area (Å²) in [4.78, 5) is 34.6. The Labute approximate surface area is 154 Å². The zero-order valence-corrected chi connectivity index (χ0v) is 14.4. The van der Waals surface area contributed by atoms with E-state index in [1.807, 2.05) is 36.4 Å². The van der Waals surface area contributed by atoms with Crippen LogP contribution in [0.4, 0.5) is 11.4 Å². The lowest BCUT2D eigenvalue weighted by Crippen LogP contribution is -2.30. The minimum absolute atomic E-state index is 0.00885. The van der Waals surface area contributed by atoms with E-state index in [-0.39, 0.29) is 11.3 Å². The molecule has 0 fully saturated rings. The van der Waals surface area contributed by atoms with Gasteiger partial charge < -0.3 is 10.1 Å². The van der Waals surface area contributed by atoms with Gasteiger partial charge in [0, 0.05) is 17.8 Å². The molecule has 1 amide bonds. The van der Waals surface area contributed by atoms with E-state index in [2.05, 4.69) is 5.32 Å². The Balaban J connectivity index is 1.66. The van der Waals surface area contributed by atoms with Crippen molar-refractivity contribution in [3.8, 4) is 0 Å². The molecular formula is C20H16N2O5. The number of hydrogen-bond acceptors (Lipinski definition) is 5. The number of esters is 1. The molecule has 0 aliphatic rings. The number of carbonyl (C=O) groups is 2. The Bertz CT molecular complexity index is 1030. The minimum Gasteiger partial charge on any atom is -0.449 e. The Morgan fingerprint density at radius 1 is 1.00 bits per heavy atom. The number of anilines is 1. The number of benzene rings is 3. The predicted octanol–water partition coefficient (Wildman–Crippen LogP) is 3.93. The van der Waals surface area contributed by atoms with Gasteiger partial charge >= 0.3 is 5.97 Å². The van der Waals surface area contributed by atoms with E-state index in [9.17, 15) is 19.7 Å². The van der Waals surface area contributed by atoms with Gasteiger partial charge in [0.2, 0.25) is 0 Å². The molecule has 3 rings (SSSR count). The van der Waals surface area contributed by atoms with Crippen molar-refractivity contribution in [3.05, 3.63) is 82.4 Å². The maximum atomic E-state index is 12.3. The summed E-state index contributed by atoms with van der Waals surface area (Å²) in [6.45, 7) is 1.44. The molecular weight excluding hydrogens is 348 g/mol. The van der Waals surface area contributed by atoms with Crippen molar-refractivity contribution >= 4 is 34.0 Å². The number of nitro benzene ring substituents is 1. The number of ether oxygens (including phenoxy) is 1. The zero-order chi connectivity index (χ0) is 19.4. The molecule has 0 unspecified atom stereocenters. The van der Waals surface area contributed by atoms with Crippen molar-refractivity contribution in [1.29, 1.82) is 0 Å². The van der Waals surface area contributed by atoms with Crippen molar-refractivity contribution in [2.45, 2.75) is 13.0 Å². The first-order valence-electron chi connectivity index (χ1n) is 8.19. The van der Waals surface area contributed by atoms with Crippen molar-refractivity contribution in [2.24, 2.45) is 0 Å². The van der Waals surface area contributed by atoms with Gasteiger partial charge in [0.25, 0.3) is 11.6 Å². The quantitative estimate of drug-likeness (QED) is 0.420. The summed E-state index contributed by atoms with van der Waals surface area (Å²) in [6, 6.07) is 18.3. The van der Waals surface area contributed by atoms with Gasteiger partial charge in [-0.05, 0) is 35.9 Å². The molecule has 7 nitrogen and oxygen atoms in total. The van der Waals surface area contributed by atoms with Gasteiger partial charge in [-0.3, -0.25) is 14.9 Å². The number of fused-ring (bicyclic) bond motifs is 1. The SMILES string of the molecule is C[C@@H](OC(=O)c1cccc([N+](=O)[O-])c1)C(=O)Nc1ccc2ccccc2c1. The van der Waals surface area contributed by atoms with Crippen LogP contribution in [0.1, 0.15) is 17.3 Å². The van der Waals surface area contributed by atoms with E-state index >= 15 is 0 Å². The lowest BCUT2D eigenvalue weighted by atomic mass is 10.1. The number of nitrogens with one attached hydrogen (secondary N) is 1. The van der Waals surface area contributed by atoms with Gasteiger partial charge in [-0.25, -0.2) is 4.79 Å². The normalized spacial score (nSPS) is 11.6. The molecule has 3 aromatic rings. The van der Waals surface area contributed by atoms with Gasteiger partial charge in [-0.15, -0.1) is 0 Å². The Morgan fingerprint density at radius 2 is 1.74 bits per heavy atom. The van der Waals surface area contributed by atoms with Gasteiger partial charge in [0.15, 0.2) is 6.10 Å². The average Bonchev–Trinajstić information content (AvgIpc) is 2.67. The molecule has 1 atom stereocenters. The van der Waals surface area contributed by atoms with Gasteiger partial charge in [0.1, 0.15) is 0 Å².